The summed E-state index contributed by atoms with van der Waals surface area (Å²) in [6.45, 7) is 9.26. The average molecular weight is 721 g/mol. The molecule has 7 heteroatoms. The average Bonchev–Trinajstić information content (AvgIpc) is 3.88. The lowest BCUT2D eigenvalue weighted by atomic mass is 10.1. The molecule has 45 heavy (non-hydrogen) atoms. The van der Waals surface area contributed by atoms with Crippen molar-refractivity contribution in [1.82, 2.24) is 0 Å². The van der Waals surface area contributed by atoms with Crippen molar-refractivity contribution in [3.05, 3.63) is 69.4 Å². The molecule has 7 aromatic rings. The van der Waals surface area contributed by atoms with Gasteiger partial charge in [0.2, 0.25) is 0 Å². The van der Waals surface area contributed by atoms with Crippen LogP contribution >= 0.6 is 79.4 Å². The minimum atomic E-state index is 1.22. The maximum Gasteiger partial charge on any atom is 0.0639 e. The highest BCUT2D eigenvalue weighted by molar-refractivity contribution is 7.41. The standard InChI is InChI=1S/C38H40S7/c1-5-7-9-11-13-25-15-17-27(39-25)29-19-21-31(41-29)33-23(3)35-37(43-33)38-36(45-35)24(4)34(44-38)32-22-20-30(42-32)28-18-16-26(40-28)14-12-10-8-6-2/h15-22H,5-14H2,1-4H3. The topological polar surface area (TPSA) is 0 Å². The Bertz CT molecular complexity index is 1880. The van der Waals surface area contributed by atoms with E-state index in [4.69, 9.17) is 0 Å². The van der Waals surface area contributed by atoms with E-state index in [-0.39, 0.29) is 0 Å². The van der Waals surface area contributed by atoms with Crippen LogP contribution in [0.5, 0.6) is 0 Å². The lowest BCUT2D eigenvalue weighted by Gasteiger charge is -1.97. The summed E-state index contributed by atoms with van der Waals surface area (Å²) in [5, 5.41) is 0. The second-order valence-electron chi connectivity index (χ2n) is 12.0. The summed E-state index contributed by atoms with van der Waals surface area (Å²) in [7, 11) is 0. The molecule has 7 rings (SSSR count). The van der Waals surface area contributed by atoms with Crippen molar-refractivity contribution in [3.8, 4) is 39.0 Å². The highest BCUT2D eigenvalue weighted by atomic mass is 32.1. The molecule has 0 nitrogen and oxygen atoms in total. The summed E-state index contributed by atoms with van der Waals surface area (Å²) in [6.07, 6.45) is 13.1. The first-order chi connectivity index (χ1) is 22.0. The number of fused-ring (bicyclic) bond motifs is 3. The van der Waals surface area contributed by atoms with Crippen LogP contribution in [0.2, 0.25) is 0 Å². The van der Waals surface area contributed by atoms with Gasteiger partial charge < -0.3 is 0 Å². The highest BCUT2D eigenvalue weighted by Crippen LogP contribution is 2.54. The van der Waals surface area contributed by atoms with Gasteiger partial charge in [-0.2, -0.15) is 0 Å². The number of thiophene rings is 7. The molecule has 0 aliphatic rings. The Balaban J connectivity index is 1.11. The molecule has 7 aromatic heterocycles. The lowest BCUT2D eigenvalue weighted by Crippen LogP contribution is -1.80. The van der Waals surface area contributed by atoms with Crippen molar-refractivity contribution < 1.29 is 0 Å². The van der Waals surface area contributed by atoms with Gasteiger partial charge in [0.1, 0.15) is 0 Å². The van der Waals surface area contributed by atoms with E-state index >= 15 is 0 Å². The summed E-state index contributed by atoms with van der Waals surface area (Å²) in [6, 6.07) is 18.8. The second kappa shape index (κ2) is 14.3. The second-order valence-corrected chi connectivity index (χ2v) is 19.6. The normalized spacial score (nSPS) is 12.0. The van der Waals surface area contributed by atoms with Gasteiger partial charge in [-0.1, -0.05) is 52.4 Å². The third-order valence-electron chi connectivity index (χ3n) is 8.62. The van der Waals surface area contributed by atoms with Crippen molar-refractivity contribution in [2.75, 3.05) is 0 Å². The fraction of sp³-hybridized carbons (Fsp3) is 0.368. The molecule has 0 radical (unpaired) electrons. The molecule has 0 amide bonds. The number of rotatable bonds is 14. The van der Waals surface area contributed by atoms with Crippen molar-refractivity contribution >= 4 is 98.2 Å². The lowest BCUT2D eigenvalue weighted by molar-refractivity contribution is 0.670. The van der Waals surface area contributed by atoms with Crippen LogP contribution in [0.4, 0.5) is 0 Å². The molecule has 0 bridgehead atoms. The predicted octanol–water partition coefficient (Wildman–Crippen LogP) is 16.0. The molecular weight excluding hydrogens is 681 g/mol. The SMILES string of the molecule is CCCCCCc1ccc(-c2ccc(-c3sc4c(sc5c(C)c(-c6ccc(-c7ccc(CCCCCC)s7)s6)sc54)c3C)s2)s1. The summed E-state index contributed by atoms with van der Waals surface area (Å²) < 4.78 is 5.96. The van der Waals surface area contributed by atoms with Crippen molar-refractivity contribution in [2.24, 2.45) is 0 Å². The Morgan fingerprint density at radius 1 is 0.378 bits per heavy atom. The molecule has 0 spiro atoms. The number of unbranched alkanes of at least 4 members (excludes halogenated alkanes) is 6. The van der Waals surface area contributed by atoms with Gasteiger partial charge in [0.15, 0.2) is 0 Å². The first-order valence-electron chi connectivity index (χ1n) is 16.4. The molecule has 7 heterocycles. The molecule has 234 valence electrons. The van der Waals surface area contributed by atoms with Gasteiger partial charge in [0.05, 0.1) is 18.8 Å². The fourth-order valence-electron chi connectivity index (χ4n) is 6.04. The molecule has 0 aromatic carbocycles. The molecule has 0 unspecified atom stereocenters. The molecule has 0 fully saturated rings. The Morgan fingerprint density at radius 3 is 1.22 bits per heavy atom. The Hall–Kier alpha value is -1.58. The summed E-state index contributed by atoms with van der Waals surface area (Å²) >= 11 is 14.0. The zero-order valence-corrected chi connectivity index (χ0v) is 32.3. The maximum absolute atomic E-state index is 2.36. The van der Waals surface area contributed by atoms with Crippen LogP contribution in [0.1, 0.15) is 86.1 Å². The highest BCUT2D eigenvalue weighted by Gasteiger charge is 2.22. The quantitative estimate of drug-likeness (QED) is 0.0981. The Kier molecular flexibility index (Phi) is 10.1. The van der Waals surface area contributed by atoms with Crippen molar-refractivity contribution in [3.63, 3.8) is 0 Å². The third kappa shape index (κ3) is 6.61. The van der Waals surface area contributed by atoms with E-state index in [1.54, 1.807) is 0 Å². The summed E-state index contributed by atoms with van der Waals surface area (Å²) in [4.78, 5) is 14.5. The van der Waals surface area contributed by atoms with Gasteiger partial charge in [-0.3, -0.25) is 0 Å². The predicted molar refractivity (Wildman–Crippen MR) is 214 cm³/mol. The van der Waals surface area contributed by atoms with Gasteiger partial charge >= 0.3 is 0 Å². The van der Waals surface area contributed by atoms with E-state index in [2.05, 4.69) is 76.2 Å². The molecule has 0 atom stereocenters. The molecule has 0 aliphatic heterocycles. The van der Waals surface area contributed by atoms with Gasteiger partial charge in [0.25, 0.3) is 0 Å². The molecule has 0 saturated heterocycles. The molecule has 0 saturated carbocycles. The van der Waals surface area contributed by atoms with Crippen molar-refractivity contribution in [1.29, 1.82) is 0 Å². The number of hydrogen-bond acceptors (Lipinski definition) is 7. The Labute approximate surface area is 296 Å². The van der Waals surface area contributed by atoms with Crippen LogP contribution < -0.4 is 0 Å². The monoisotopic (exact) mass is 720 g/mol. The van der Waals surface area contributed by atoms with Crippen LogP contribution in [-0.2, 0) is 12.8 Å². The minimum absolute atomic E-state index is 1.22. The maximum atomic E-state index is 2.36. The van der Waals surface area contributed by atoms with Gasteiger partial charge in [-0.25, -0.2) is 0 Å². The molecular formula is C38H40S7. The van der Waals surface area contributed by atoms with Gasteiger partial charge in [-0.05, 0) is 99.2 Å². The van der Waals surface area contributed by atoms with E-state index in [1.165, 1.54) is 143 Å². The zero-order chi connectivity index (χ0) is 30.9. The number of aryl methyl sites for hydroxylation is 4. The first-order valence-corrected chi connectivity index (χ1v) is 22.1. The molecule has 0 N–H and O–H groups in total. The van der Waals surface area contributed by atoms with E-state index in [1.807, 2.05) is 79.4 Å². The number of hydrogen-bond donors (Lipinski definition) is 0. The third-order valence-corrected chi connectivity index (χ3v) is 18.3. The van der Waals surface area contributed by atoms with Gasteiger partial charge in [-0.15, -0.1) is 79.4 Å². The van der Waals surface area contributed by atoms with Crippen LogP contribution in [0.25, 0.3) is 57.8 Å². The van der Waals surface area contributed by atoms with E-state index in [9.17, 15) is 0 Å². The summed E-state index contributed by atoms with van der Waals surface area (Å²) in [5.41, 5.74) is 2.92. The minimum Gasteiger partial charge on any atom is -0.139 e. The van der Waals surface area contributed by atoms with Crippen LogP contribution in [-0.4, -0.2) is 0 Å². The zero-order valence-electron chi connectivity index (χ0n) is 26.5. The van der Waals surface area contributed by atoms with Crippen LogP contribution in [0.3, 0.4) is 0 Å². The largest absolute Gasteiger partial charge is 0.139 e. The fourth-order valence-corrected chi connectivity index (χ4v) is 15.1. The van der Waals surface area contributed by atoms with Crippen LogP contribution in [0, 0.1) is 13.8 Å². The first kappa shape index (κ1) is 32.0. The van der Waals surface area contributed by atoms with Crippen LogP contribution in [0.15, 0.2) is 48.5 Å². The molecule has 0 aliphatic carbocycles. The smallest absolute Gasteiger partial charge is 0.0639 e. The van der Waals surface area contributed by atoms with E-state index in [0.717, 1.165) is 0 Å². The van der Waals surface area contributed by atoms with E-state index in [0.29, 0.717) is 0 Å². The van der Waals surface area contributed by atoms with Gasteiger partial charge in [0, 0.05) is 48.8 Å². The van der Waals surface area contributed by atoms with Crippen molar-refractivity contribution in [2.45, 2.75) is 91.9 Å². The Morgan fingerprint density at radius 2 is 0.778 bits per heavy atom. The summed E-state index contributed by atoms with van der Waals surface area (Å²) in [5.74, 6) is 0. The van der Waals surface area contributed by atoms with E-state index < -0.39 is 0 Å².